The van der Waals surface area contributed by atoms with E-state index in [4.69, 9.17) is 5.73 Å². The Morgan fingerprint density at radius 3 is 2.79 bits per heavy atom. The van der Waals surface area contributed by atoms with Crippen LogP contribution in [0.25, 0.3) is 10.9 Å². The average Bonchev–Trinajstić information content (AvgIpc) is 2.70. The summed E-state index contributed by atoms with van der Waals surface area (Å²) in [5.41, 5.74) is 7.87. The fourth-order valence-electron chi connectivity index (χ4n) is 1.60. The molecule has 4 N–H and O–H groups in total. The topological polar surface area (TPSA) is 66.2 Å². The molecule has 1 aromatic heterocycles. The molecule has 0 spiro atoms. The summed E-state index contributed by atoms with van der Waals surface area (Å²) in [6.07, 6.45) is -1.39. The SMILES string of the molecule is NC(=S)N/N=C/c1c[nH]c2cc(C(F)(F)F)ccc12. The molecular weight excluding hydrogens is 277 g/mol. The number of alkyl halides is 3. The van der Waals surface area contributed by atoms with Gasteiger partial charge in [0.2, 0.25) is 0 Å². The Balaban J connectivity index is 2.34. The molecule has 8 heteroatoms. The molecule has 0 amide bonds. The predicted octanol–water partition coefficient (Wildman–Crippen LogP) is 2.35. The van der Waals surface area contributed by atoms with Crippen LogP contribution in [0.4, 0.5) is 13.2 Å². The Labute approximate surface area is 111 Å². The van der Waals surface area contributed by atoms with Crippen molar-refractivity contribution in [3.05, 3.63) is 35.5 Å². The van der Waals surface area contributed by atoms with Crippen LogP contribution >= 0.6 is 12.2 Å². The normalized spacial score (nSPS) is 12.2. The fraction of sp³-hybridized carbons (Fsp3) is 0.0909. The van der Waals surface area contributed by atoms with E-state index < -0.39 is 11.7 Å². The van der Waals surface area contributed by atoms with E-state index in [0.717, 1.165) is 12.1 Å². The first-order valence-electron chi connectivity index (χ1n) is 5.15. The number of thiocarbonyl (C=S) groups is 1. The van der Waals surface area contributed by atoms with Crippen LogP contribution in [0, 0.1) is 0 Å². The second-order valence-corrected chi connectivity index (χ2v) is 4.18. The molecule has 0 atom stereocenters. The molecule has 4 nitrogen and oxygen atoms in total. The monoisotopic (exact) mass is 286 g/mol. The minimum atomic E-state index is -4.36. The first-order chi connectivity index (χ1) is 8.88. The van der Waals surface area contributed by atoms with Crippen LogP contribution in [0.3, 0.4) is 0 Å². The van der Waals surface area contributed by atoms with E-state index in [9.17, 15) is 13.2 Å². The van der Waals surface area contributed by atoms with Crippen molar-refractivity contribution in [2.24, 2.45) is 10.8 Å². The van der Waals surface area contributed by atoms with Gasteiger partial charge in [-0.15, -0.1) is 0 Å². The Bertz CT molecular complexity index is 645. The predicted molar refractivity (Wildman–Crippen MR) is 70.8 cm³/mol. The van der Waals surface area contributed by atoms with Crippen molar-refractivity contribution >= 4 is 34.4 Å². The molecule has 19 heavy (non-hydrogen) atoms. The zero-order valence-corrected chi connectivity index (χ0v) is 10.3. The number of hydrogen-bond donors (Lipinski definition) is 3. The molecule has 0 aliphatic carbocycles. The molecule has 0 aliphatic rings. The first-order valence-corrected chi connectivity index (χ1v) is 5.55. The Morgan fingerprint density at radius 2 is 2.16 bits per heavy atom. The molecule has 2 aromatic rings. The van der Waals surface area contributed by atoms with Crippen molar-refractivity contribution in [3.63, 3.8) is 0 Å². The zero-order valence-electron chi connectivity index (χ0n) is 9.45. The van der Waals surface area contributed by atoms with Crippen LogP contribution in [0.1, 0.15) is 11.1 Å². The highest BCUT2D eigenvalue weighted by Gasteiger charge is 2.30. The van der Waals surface area contributed by atoms with Gasteiger partial charge in [-0.1, -0.05) is 6.07 Å². The van der Waals surface area contributed by atoms with Crippen LogP contribution in [-0.2, 0) is 6.18 Å². The summed E-state index contributed by atoms with van der Waals surface area (Å²) in [6, 6.07) is 3.46. The number of hydrogen-bond acceptors (Lipinski definition) is 2. The van der Waals surface area contributed by atoms with E-state index in [0.29, 0.717) is 16.5 Å². The number of nitrogens with one attached hydrogen (secondary N) is 2. The summed E-state index contributed by atoms with van der Waals surface area (Å²) in [7, 11) is 0. The smallest absolute Gasteiger partial charge is 0.375 e. The summed E-state index contributed by atoms with van der Waals surface area (Å²) in [5, 5.41) is 4.39. The summed E-state index contributed by atoms with van der Waals surface area (Å²) in [5.74, 6) is 0. The minimum absolute atomic E-state index is 0.00967. The average molecular weight is 286 g/mol. The Hall–Kier alpha value is -2.09. The van der Waals surface area contributed by atoms with E-state index in [1.54, 1.807) is 6.20 Å². The molecule has 0 aliphatic heterocycles. The van der Waals surface area contributed by atoms with Crippen LogP contribution in [0.15, 0.2) is 29.5 Å². The van der Waals surface area contributed by atoms with Crippen molar-refractivity contribution in [2.45, 2.75) is 6.18 Å². The third-order valence-electron chi connectivity index (χ3n) is 2.42. The molecule has 0 unspecified atom stereocenters. The second-order valence-electron chi connectivity index (χ2n) is 3.74. The summed E-state index contributed by atoms with van der Waals surface area (Å²) in [4.78, 5) is 2.76. The van der Waals surface area contributed by atoms with Gasteiger partial charge in [-0.3, -0.25) is 5.43 Å². The van der Waals surface area contributed by atoms with Crippen molar-refractivity contribution < 1.29 is 13.2 Å². The number of aromatic amines is 1. The number of rotatable bonds is 2. The molecule has 0 radical (unpaired) electrons. The van der Waals surface area contributed by atoms with Crippen molar-refractivity contribution in [3.8, 4) is 0 Å². The van der Waals surface area contributed by atoms with Gasteiger partial charge in [-0.05, 0) is 24.4 Å². The maximum absolute atomic E-state index is 12.5. The number of hydrazone groups is 1. The molecule has 100 valence electrons. The number of nitrogens with zero attached hydrogens (tertiary/aromatic N) is 1. The lowest BCUT2D eigenvalue weighted by Gasteiger charge is -2.05. The molecular formula is C11H9F3N4S. The second kappa shape index (κ2) is 4.88. The third-order valence-corrected chi connectivity index (χ3v) is 2.51. The Morgan fingerprint density at radius 1 is 1.42 bits per heavy atom. The highest BCUT2D eigenvalue weighted by atomic mass is 32.1. The Kier molecular flexibility index (Phi) is 3.43. The maximum atomic E-state index is 12.5. The van der Waals surface area contributed by atoms with E-state index in [2.05, 4.69) is 27.7 Å². The first kappa shape index (κ1) is 13.3. The summed E-state index contributed by atoms with van der Waals surface area (Å²) in [6.45, 7) is 0. The van der Waals surface area contributed by atoms with Crippen molar-refractivity contribution in [2.75, 3.05) is 0 Å². The van der Waals surface area contributed by atoms with Crippen molar-refractivity contribution in [1.82, 2.24) is 10.4 Å². The van der Waals surface area contributed by atoms with Gasteiger partial charge in [0.25, 0.3) is 0 Å². The number of nitrogens with two attached hydrogens (primary N) is 1. The number of aromatic nitrogens is 1. The molecule has 0 saturated heterocycles. The molecule has 0 bridgehead atoms. The van der Waals surface area contributed by atoms with Gasteiger partial charge >= 0.3 is 6.18 Å². The summed E-state index contributed by atoms with van der Waals surface area (Å²) >= 11 is 4.56. The lowest BCUT2D eigenvalue weighted by molar-refractivity contribution is -0.137. The fourth-order valence-corrected chi connectivity index (χ4v) is 1.65. The van der Waals surface area contributed by atoms with E-state index in [1.807, 2.05) is 0 Å². The highest BCUT2D eigenvalue weighted by Crippen LogP contribution is 2.31. The molecule has 0 fully saturated rings. The zero-order chi connectivity index (χ0) is 14.0. The van der Waals surface area contributed by atoms with Crippen LogP contribution in [0.5, 0.6) is 0 Å². The van der Waals surface area contributed by atoms with Gasteiger partial charge < -0.3 is 10.7 Å². The number of fused-ring (bicyclic) bond motifs is 1. The maximum Gasteiger partial charge on any atom is 0.416 e. The standard InChI is InChI=1S/C11H9F3N4S/c12-11(13,14)7-1-2-8-6(4-16-9(8)3-7)5-17-18-10(15)19/h1-5,16H,(H3,15,18,19)/b17-5+. The molecule has 2 rings (SSSR count). The number of H-pyrrole nitrogens is 1. The molecule has 1 aromatic carbocycles. The lowest BCUT2D eigenvalue weighted by atomic mass is 10.1. The highest BCUT2D eigenvalue weighted by molar-refractivity contribution is 7.80. The largest absolute Gasteiger partial charge is 0.416 e. The summed E-state index contributed by atoms with van der Waals surface area (Å²) < 4.78 is 37.6. The van der Waals surface area contributed by atoms with Crippen LogP contribution in [-0.4, -0.2) is 16.3 Å². The van der Waals surface area contributed by atoms with E-state index >= 15 is 0 Å². The lowest BCUT2D eigenvalue weighted by Crippen LogP contribution is -2.23. The minimum Gasteiger partial charge on any atom is -0.375 e. The van der Waals surface area contributed by atoms with Crippen LogP contribution < -0.4 is 11.2 Å². The van der Waals surface area contributed by atoms with E-state index in [-0.39, 0.29) is 5.11 Å². The van der Waals surface area contributed by atoms with Gasteiger partial charge in [0.1, 0.15) is 0 Å². The number of halogens is 3. The van der Waals surface area contributed by atoms with Gasteiger partial charge in [0.15, 0.2) is 5.11 Å². The van der Waals surface area contributed by atoms with E-state index in [1.165, 1.54) is 12.3 Å². The van der Waals surface area contributed by atoms with Gasteiger partial charge in [-0.2, -0.15) is 18.3 Å². The van der Waals surface area contributed by atoms with Crippen LogP contribution in [0.2, 0.25) is 0 Å². The van der Waals surface area contributed by atoms with Crippen molar-refractivity contribution in [1.29, 1.82) is 0 Å². The molecule has 0 saturated carbocycles. The quantitative estimate of drug-likeness (QED) is 0.451. The van der Waals surface area contributed by atoms with Gasteiger partial charge in [0, 0.05) is 22.7 Å². The van der Waals surface area contributed by atoms with Gasteiger partial charge in [-0.25, -0.2) is 0 Å². The third kappa shape index (κ3) is 3.02. The van der Waals surface area contributed by atoms with Gasteiger partial charge in [0.05, 0.1) is 11.8 Å². The number of benzene rings is 1. The molecule has 1 heterocycles.